The number of morpholine rings is 1. The van der Waals surface area contributed by atoms with E-state index in [-0.39, 0.29) is 12.1 Å². The van der Waals surface area contributed by atoms with Gasteiger partial charge < -0.3 is 24.8 Å². The molecule has 168 valence electrons. The van der Waals surface area contributed by atoms with Crippen LogP contribution in [-0.2, 0) is 14.3 Å². The van der Waals surface area contributed by atoms with E-state index in [9.17, 15) is 4.79 Å². The molecule has 9 nitrogen and oxygen atoms in total. The Kier molecular flexibility index (Phi) is 7.42. The molecule has 9 heteroatoms. The van der Waals surface area contributed by atoms with E-state index in [2.05, 4.69) is 20.6 Å². The molecular weight excluding hydrogens is 410 g/mol. The van der Waals surface area contributed by atoms with E-state index < -0.39 is 0 Å². The minimum absolute atomic E-state index is 0.0817. The number of esters is 1. The third-order valence-corrected chi connectivity index (χ3v) is 4.97. The van der Waals surface area contributed by atoms with Gasteiger partial charge in [-0.25, -0.2) is 9.97 Å². The lowest BCUT2D eigenvalue weighted by molar-refractivity contribution is -0.141. The summed E-state index contributed by atoms with van der Waals surface area (Å²) in [7, 11) is 0. The number of rotatable bonds is 9. The molecule has 32 heavy (non-hydrogen) atoms. The zero-order valence-electron chi connectivity index (χ0n) is 18.0. The van der Waals surface area contributed by atoms with Gasteiger partial charge in [-0.2, -0.15) is 0 Å². The number of hydrogen-bond donors (Lipinski definition) is 2. The summed E-state index contributed by atoms with van der Waals surface area (Å²) in [6.45, 7) is 5.25. The molecule has 0 radical (unpaired) electrons. The third-order valence-electron chi connectivity index (χ3n) is 4.97. The number of nitrogens with zero attached hydrogens (tertiary/aromatic N) is 3. The largest absolute Gasteiger partial charge is 0.493 e. The van der Waals surface area contributed by atoms with Gasteiger partial charge >= 0.3 is 5.97 Å². The summed E-state index contributed by atoms with van der Waals surface area (Å²) in [5.41, 5.74) is 3.24. The van der Waals surface area contributed by atoms with Crippen LogP contribution in [0.15, 0.2) is 42.7 Å². The van der Waals surface area contributed by atoms with E-state index in [4.69, 9.17) is 19.2 Å². The maximum absolute atomic E-state index is 10.8. The van der Waals surface area contributed by atoms with Crippen molar-refractivity contribution in [1.29, 1.82) is 0 Å². The van der Waals surface area contributed by atoms with Crippen molar-refractivity contribution in [2.75, 3.05) is 44.8 Å². The number of carbonyl (C=O) groups excluding carboxylic acids is 1. The Hall–Kier alpha value is -3.30. The molecule has 4 rings (SSSR count). The summed E-state index contributed by atoms with van der Waals surface area (Å²) in [6.07, 6.45) is 4.07. The van der Waals surface area contributed by atoms with Crippen LogP contribution in [0.3, 0.4) is 0 Å². The predicted octanol–water partition coefficient (Wildman–Crippen LogP) is 2.42. The molecule has 0 spiro atoms. The summed E-state index contributed by atoms with van der Waals surface area (Å²) in [4.78, 5) is 24.5. The number of carbonyl (C=O) groups is 1. The molecule has 2 aromatic heterocycles. The molecule has 0 unspecified atom stereocenters. The van der Waals surface area contributed by atoms with Crippen LogP contribution in [0.2, 0.25) is 0 Å². The number of fused-ring (bicyclic) bond motifs is 1. The standard InChI is InChI=1S/C23H27N5O4/c1-16(29)30-10-2-11-31-18-5-3-17(4-6-18)20-13-21-22(26-8-7-25-21)23(28-20)27-15-19-14-24-9-12-32-19/h3-8,13,19,24H,2,9-12,14-15H2,1H3,(H,27,28)/t19-/m0/s1. The van der Waals surface area contributed by atoms with Gasteiger partial charge in [-0.05, 0) is 30.3 Å². The van der Waals surface area contributed by atoms with Crippen LogP contribution in [0.4, 0.5) is 5.82 Å². The fourth-order valence-corrected chi connectivity index (χ4v) is 3.39. The van der Waals surface area contributed by atoms with Gasteiger partial charge in [0.2, 0.25) is 0 Å². The molecule has 1 saturated heterocycles. The maximum atomic E-state index is 10.8. The topological polar surface area (TPSA) is 107 Å². The van der Waals surface area contributed by atoms with Crippen molar-refractivity contribution in [3.05, 3.63) is 42.7 Å². The number of nitrogens with one attached hydrogen (secondary N) is 2. The second-order valence-electron chi connectivity index (χ2n) is 7.42. The van der Waals surface area contributed by atoms with Gasteiger partial charge in [-0.1, -0.05) is 0 Å². The van der Waals surface area contributed by atoms with Crippen LogP contribution in [0.1, 0.15) is 13.3 Å². The van der Waals surface area contributed by atoms with Gasteiger partial charge in [0.1, 0.15) is 11.3 Å². The fraction of sp³-hybridized carbons (Fsp3) is 0.391. The van der Waals surface area contributed by atoms with Gasteiger partial charge in [0.25, 0.3) is 0 Å². The lowest BCUT2D eigenvalue weighted by Gasteiger charge is -2.24. The van der Waals surface area contributed by atoms with Crippen LogP contribution < -0.4 is 15.4 Å². The summed E-state index contributed by atoms with van der Waals surface area (Å²) in [5.74, 6) is 1.15. The SMILES string of the molecule is CC(=O)OCCCOc1ccc(-c2cc3nccnc3c(NC[C@@H]3CNCCO3)n2)cc1. The van der Waals surface area contributed by atoms with Gasteiger partial charge in [0, 0.05) is 50.9 Å². The van der Waals surface area contributed by atoms with Crippen molar-refractivity contribution in [1.82, 2.24) is 20.3 Å². The van der Waals surface area contributed by atoms with Gasteiger partial charge in [0.15, 0.2) is 5.82 Å². The van der Waals surface area contributed by atoms with E-state index in [0.29, 0.717) is 38.6 Å². The zero-order valence-corrected chi connectivity index (χ0v) is 18.0. The first-order valence-electron chi connectivity index (χ1n) is 10.7. The van der Waals surface area contributed by atoms with Gasteiger partial charge in [-0.15, -0.1) is 0 Å². The van der Waals surface area contributed by atoms with Gasteiger partial charge in [0.05, 0.1) is 37.1 Å². The molecule has 0 aliphatic carbocycles. The first-order chi connectivity index (χ1) is 15.7. The minimum atomic E-state index is -0.279. The summed E-state index contributed by atoms with van der Waals surface area (Å²) < 4.78 is 16.4. The highest BCUT2D eigenvalue weighted by Crippen LogP contribution is 2.27. The van der Waals surface area contributed by atoms with Crippen molar-refractivity contribution in [3.63, 3.8) is 0 Å². The maximum Gasteiger partial charge on any atom is 0.302 e. The highest BCUT2D eigenvalue weighted by Gasteiger charge is 2.15. The lowest BCUT2D eigenvalue weighted by Crippen LogP contribution is -2.42. The van der Waals surface area contributed by atoms with Crippen LogP contribution >= 0.6 is 0 Å². The molecule has 1 fully saturated rings. The third kappa shape index (κ3) is 5.89. The number of hydrogen-bond acceptors (Lipinski definition) is 9. The van der Waals surface area contributed by atoms with E-state index in [1.54, 1.807) is 12.4 Å². The van der Waals surface area contributed by atoms with Crippen molar-refractivity contribution in [2.45, 2.75) is 19.4 Å². The zero-order chi connectivity index (χ0) is 22.2. The second kappa shape index (κ2) is 10.8. The molecule has 1 aliphatic heterocycles. The van der Waals surface area contributed by atoms with Crippen LogP contribution in [0, 0.1) is 0 Å². The van der Waals surface area contributed by atoms with Gasteiger partial charge in [-0.3, -0.25) is 9.78 Å². The predicted molar refractivity (Wildman–Crippen MR) is 121 cm³/mol. The Labute approximate surface area is 186 Å². The molecule has 1 aromatic carbocycles. The highest BCUT2D eigenvalue weighted by atomic mass is 16.5. The average Bonchev–Trinajstić information content (AvgIpc) is 2.83. The Bertz CT molecular complexity index is 1040. The summed E-state index contributed by atoms with van der Waals surface area (Å²) >= 11 is 0. The number of ether oxygens (including phenoxy) is 3. The smallest absolute Gasteiger partial charge is 0.302 e. The second-order valence-corrected chi connectivity index (χ2v) is 7.42. The van der Waals surface area contributed by atoms with Crippen LogP contribution in [-0.4, -0.2) is 66.5 Å². The van der Waals surface area contributed by atoms with Crippen molar-refractivity contribution in [2.24, 2.45) is 0 Å². The Morgan fingerprint density at radius 2 is 2.06 bits per heavy atom. The minimum Gasteiger partial charge on any atom is -0.493 e. The Morgan fingerprint density at radius 3 is 2.84 bits per heavy atom. The molecule has 3 heterocycles. The van der Waals surface area contributed by atoms with Crippen LogP contribution in [0.5, 0.6) is 5.75 Å². The normalized spacial score (nSPS) is 16.0. The fourth-order valence-electron chi connectivity index (χ4n) is 3.39. The van der Waals surface area contributed by atoms with E-state index in [1.165, 1.54) is 6.92 Å². The molecule has 3 aromatic rings. The monoisotopic (exact) mass is 437 g/mol. The van der Waals surface area contributed by atoms with Crippen LogP contribution in [0.25, 0.3) is 22.3 Å². The molecule has 2 N–H and O–H groups in total. The highest BCUT2D eigenvalue weighted by molar-refractivity contribution is 5.88. The van der Waals surface area contributed by atoms with Crippen molar-refractivity contribution in [3.8, 4) is 17.0 Å². The van der Waals surface area contributed by atoms with Crippen molar-refractivity contribution < 1.29 is 19.0 Å². The average molecular weight is 438 g/mol. The molecule has 0 saturated carbocycles. The number of aromatic nitrogens is 3. The molecule has 1 aliphatic rings. The first-order valence-corrected chi connectivity index (χ1v) is 10.7. The van der Waals surface area contributed by atoms with E-state index >= 15 is 0 Å². The number of anilines is 1. The van der Waals surface area contributed by atoms with Crippen molar-refractivity contribution >= 4 is 22.8 Å². The lowest BCUT2D eigenvalue weighted by atomic mass is 10.1. The van der Waals surface area contributed by atoms with E-state index in [1.807, 2.05) is 30.3 Å². The Morgan fingerprint density at radius 1 is 1.22 bits per heavy atom. The molecule has 0 amide bonds. The number of benzene rings is 1. The molecule has 0 bridgehead atoms. The number of pyridine rings is 1. The first kappa shape index (κ1) is 21.9. The quantitative estimate of drug-likeness (QED) is 0.385. The Balaban J connectivity index is 1.45. The molecule has 1 atom stereocenters. The van der Waals surface area contributed by atoms with E-state index in [0.717, 1.165) is 41.1 Å². The molecular formula is C23H27N5O4. The summed E-state index contributed by atoms with van der Waals surface area (Å²) in [6, 6.07) is 9.66. The summed E-state index contributed by atoms with van der Waals surface area (Å²) in [5, 5.41) is 6.72.